The molecule has 6 heteroatoms. The number of hydrogen-bond acceptors (Lipinski definition) is 5. The summed E-state index contributed by atoms with van der Waals surface area (Å²) in [6.07, 6.45) is 4.51. The third kappa shape index (κ3) is 8.91. The van der Waals surface area contributed by atoms with E-state index in [-0.39, 0.29) is 33.8 Å². The van der Waals surface area contributed by atoms with Crippen molar-refractivity contribution in [3.05, 3.63) is 214 Å². The summed E-state index contributed by atoms with van der Waals surface area (Å²) in [5.41, 5.74) is 27.5. The zero-order chi connectivity index (χ0) is 56.7. The Bertz CT molecular complexity index is 3870. The molecule has 0 saturated carbocycles. The maximum absolute atomic E-state index is 6.48. The molecule has 0 N–H and O–H groups in total. The van der Waals surface area contributed by atoms with Crippen molar-refractivity contribution in [2.75, 3.05) is 27.9 Å². The van der Waals surface area contributed by atoms with Crippen molar-refractivity contribution in [3.8, 4) is 33.8 Å². The van der Waals surface area contributed by atoms with Gasteiger partial charge >= 0.3 is 0 Å². The van der Waals surface area contributed by atoms with Gasteiger partial charge in [0.25, 0.3) is 6.71 Å². The summed E-state index contributed by atoms with van der Waals surface area (Å²) in [6, 6.07) is 62.9. The first-order valence-electron chi connectivity index (χ1n) is 29.6. The van der Waals surface area contributed by atoms with Crippen LogP contribution in [0.15, 0.2) is 187 Å². The van der Waals surface area contributed by atoms with E-state index in [0.717, 1.165) is 63.9 Å². The van der Waals surface area contributed by atoms with Crippen LogP contribution in [-0.2, 0) is 21.7 Å². The molecule has 13 rings (SSSR count). The normalized spacial score (nSPS) is 16.1. The Morgan fingerprint density at radius 3 is 1.54 bits per heavy atom. The third-order valence-corrected chi connectivity index (χ3v) is 18.2. The topological polar surface area (TPSA) is 28.2 Å². The van der Waals surface area contributed by atoms with Crippen molar-refractivity contribution in [1.82, 2.24) is 0 Å². The second-order valence-electron chi connectivity index (χ2n) is 28.1. The molecule has 0 radical (unpaired) electrons. The zero-order valence-electron chi connectivity index (χ0n) is 50.2. The lowest BCUT2D eigenvalue weighted by Crippen LogP contribution is -2.56. The molecule has 0 spiro atoms. The number of allylic oxidation sites excluding steroid dienone is 4. The van der Waals surface area contributed by atoms with E-state index in [4.69, 9.17) is 9.47 Å². The lowest BCUT2D eigenvalue weighted by atomic mass is 9.32. The summed E-state index contributed by atoms with van der Waals surface area (Å²) in [4.78, 5) is 7.60. The van der Waals surface area contributed by atoms with E-state index < -0.39 is 0 Å². The van der Waals surface area contributed by atoms with E-state index in [0.29, 0.717) is 13.2 Å². The Morgan fingerprint density at radius 2 is 0.963 bits per heavy atom. The van der Waals surface area contributed by atoms with Crippen LogP contribution in [0.2, 0.25) is 0 Å². The molecule has 0 bridgehead atoms. The van der Waals surface area contributed by atoms with E-state index in [9.17, 15) is 0 Å². The maximum Gasteiger partial charge on any atom is 0.251 e. The van der Waals surface area contributed by atoms with Gasteiger partial charge in [-0.1, -0.05) is 187 Å². The van der Waals surface area contributed by atoms with Gasteiger partial charge in [0.05, 0.1) is 0 Å². The standard InChI is InChI=1S/C75H78BN3O2/c1-71(2,3)49-21-30-54(31-22-49)77(57-36-37-59-58-17-15-16-18-60(58)75(13,14)61(59)44-57)53-28-19-47(20-29-53)48-41-66-70-67(42-48)79(56-34-25-51(26-35-56)73(7,8)9)65-46-69-68(80-39-40-81-69)45-63(65)76(70)62-43-52(74(10,11)12)27-38-64(62)78(66)55-32-23-50(24-33-55)72(4,5)6/h15-26,28-37,41-46H,27,38-40H2,1-14H3. The van der Waals surface area contributed by atoms with Crippen molar-refractivity contribution in [1.29, 1.82) is 0 Å². The van der Waals surface area contributed by atoms with Crippen molar-refractivity contribution in [2.45, 2.75) is 131 Å². The van der Waals surface area contributed by atoms with Crippen LogP contribution >= 0.6 is 0 Å². The van der Waals surface area contributed by atoms with Gasteiger partial charge in [0.1, 0.15) is 13.2 Å². The summed E-state index contributed by atoms with van der Waals surface area (Å²) >= 11 is 0. The van der Waals surface area contributed by atoms with Gasteiger partial charge in [-0.15, -0.1) is 0 Å². The maximum atomic E-state index is 6.48. The Hall–Kier alpha value is -7.70. The van der Waals surface area contributed by atoms with Crippen molar-refractivity contribution >= 4 is 63.1 Å². The second-order valence-corrected chi connectivity index (χ2v) is 28.1. The first-order chi connectivity index (χ1) is 38.4. The molecule has 5 nitrogen and oxygen atoms in total. The Labute approximate surface area is 483 Å². The number of benzene rings is 8. The quantitative estimate of drug-likeness (QED) is 0.155. The number of anilines is 8. The highest BCUT2D eigenvalue weighted by Gasteiger charge is 2.47. The largest absolute Gasteiger partial charge is 0.486 e. The van der Waals surface area contributed by atoms with Crippen LogP contribution in [0, 0.1) is 5.41 Å². The van der Waals surface area contributed by atoms with Crippen LogP contribution in [-0.4, -0.2) is 19.9 Å². The van der Waals surface area contributed by atoms with Crippen LogP contribution in [0.4, 0.5) is 45.5 Å². The molecule has 0 unspecified atom stereocenters. The first-order valence-corrected chi connectivity index (χ1v) is 29.6. The van der Waals surface area contributed by atoms with Crippen LogP contribution < -0.4 is 35.1 Å². The van der Waals surface area contributed by atoms with E-state index in [1.54, 1.807) is 0 Å². The minimum atomic E-state index is -0.134. The summed E-state index contributed by atoms with van der Waals surface area (Å²) in [7, 11) is 0. The van der Waals surface area contributed by atoms with Crippen molar-refractivity contribution < 1.29 is 9.47 Å². The van der Waals surface area contributed by atoms with Gasteiger partial charge < -0.3 is 24.2 Å². The molecule has 8 aromatic carbocycles. The molecule has 2 aliphatic carbocycles. The minimum Gasteiger partial charge on any atom is -0.486 e. The SMILES string of the molecule is CC(C)(C)C1=CC2=C(CC1)N(c1ccc(C(C)(C)C)cc1)c1cc(-c3ccc(N(c4ccc(C(C)(C)C)cc4)c4ccc5c(c4)C(C)(C)c4ccccc4-5)cc3)cc3c1B2c1cc2c(cc1N3c1ccc(C(C)(C)C)cc1)OCCO2. The highest BCUT2D eigenvalue weighted by atomic mass is 16.6. The highest BCUT2D eigenvalue weighted by molar-refractivity contribution is 6.95. The van der Waals surface area contributed by atoms with E-state index >= 15 is 0 Å². The van der Waals surface area contributed by atoms with Crippen LogP contribution in [0.5, 0.6) is 11.5 Å². The van der Waals surface area contributed by atoms with Gasteiger partial charge in [0.2, 0.25) is 0 Å². The fourth-order valence-corrected chi connectivity index (χ4v) is 13.5. The number of hydrogen-bond donors (Lipinski definition) is 0. The molecule has 8 aromatic rings. The van der Waals surface area contributed by atoms with Gasteiger partial charge in [-0.05, 0) is 180 Å². The van der Waals surface area contributed by atoms with Gasteiger partial charge in [-0.25, -0.2) is 0 Å². The van der Waals surface area contributed by atoms with Crippen molar-refractivity contribution in [3.63, 3.8) is 0 Å². The molecule has 0 fully saturated rings. The smallest absolute Gasteiger partial charge is 0.251 e. The lowest BCUT2D eigenvalue weighted by Gasteiger charge is -2.47. The zero-order valence-corrected chi connectivity index (χ0v) is 50.2. The predicted octanol–water partition coefficient (Wildman–Crippen LogP) is 18.9. The van der Waals surface area contributed by atoms with Crippen LogP contribution in [0.1, 0.15) is 138 Å². The Kier molecular flexibility index (Phi) is 12.1. The van der Waals surface area contributed by atoms with Gasteiger partial charge in [0.15, 0.2) is 11.5 Å². The fourth-order valence-electron chi connectivity index (χ4n) is 13.5. The molecular weight excluding hydrogens is 986 g/mol. The van der Waals surface area contributed by atoms with Gasteiger partial charge in [0, 0.05) is 62.7 Å². The number of fused-ring (bicyclic) bond motifs is 7. The number of rotatable bonds is 6. The van der Waals surface area contributed by atoms with E-state index in [2.05, 4.69) is 281 Å². The molecule has 0 saturated heterocycles. The van der Waals surface area contributed by atoms with Crippen LogP contribution in [0.3, 0.4) is 0 Å². The fraction of sp³-hybridized carbons (Fsp3) is 0.307. The highest BCUT2D eigenvalue weighted by Crippen LogP contribution is 2.54. The average Bonchev–Trinajstić information content (AvgIpc) is 3.84. The van der Waals surface area contributed by atoms with Crippen molar-refractivity contribution in [2.24, 2.45) is 5.41 Å². The van der Waals surface area contributed by atoms with Crippen LogP contribution in [0.25, 0.3) is 22.3 Å². The molecule has 0 amide bonds. The second kappa shape index (κ2) is 18.7. The summed E-state index contributed by atoms with van der Waals surface area (Å²) < 4.78 is 13.0. The molecule has 5 aliphatic rings. The van der Waals surface area contributed by atoms with E-state index in [1.807, 2.05) is 0 Å². The molecule has 0 atom stereocenters. The molecule has 408 valence electrons. The van der Waals surface area contributed by atoms with Gasteiger partial charge in [-0.3, -0.25) is 0 Å². The molecule has 3 aliphatic heterocycles. The van der Waals surface area contributed by atoms with E-state index in [1.165, 1.54) is 83.7 Å². The molecule has 81 heavy (non-hydrogen) atoms. The minimum absolute atomic E-state index is 0.00261. The average molecular weight is 1060 g/mol. The third-order valence-electron chi connectivity index (χ3n) is 18.2. The summed E-state index contributed by atoms with van der Waals surface area (Å²) in [5.74, 6) is 1.61. The number of nitrogens with zero attached hydrogens (tertiary/aromatic N) is 3. The lowest BCUT2D eigenvalue weighted by molar-refractivity contribution is 0.172. The molecule has 0 aromatic heterocycles. The summed E-state index contributed by atoms with van der Waals surface area (Å²) in [5, 5.41) is 0. The monoisotopic (exact) mass is 1060 g/mol. The Morgan fingerprint density at radius 1 is 0.457 bits per heavy atom. The molecular formula is C75H78BN3O2. The first kappa shape index (κ1) is 52.7. The number of ether oxygens (including phenoxy) is 2. The summed E-state index contributed by atoms with van der Waals surface area (Å²) in [6.45, 7) is 33.5. The Balaban J connectivity index is 1.03. The predicted molar refractivity (Wildman–Crippen MR) is 343 cm³/mol. The van der Waals surface area contributed by atoms with Gasteiger partial charge in [-0.2, -0.15) is 0 Å². The molecule has 3 heterocycles.